The number of fused-ring (bicyclic) bond motifs is 1. The molecule has 29 heavy (non-hydrogen) atoms. The first-order chi connectivity index (χ1) is 14.0. The summed E-state index contributed by atoms with van der Waals surface area (Å²) >= 11 is 12.3. The highest BCUT2D eigenvalue weighted by atomic mass is 35.5. The molecule has 0 spiro atoms. The number of hydrogen-bond donors (Lipinski definition) is 3. The van der Waals surface area contributed by atoms with Gasteiger partial charge < -0.3 is 20.5 Å². The van der Waals surface area contributed by atoms with Crippen LogP contribution in [-0.4, -0.2) is 28.8 Å². The number of ether oxygens (including phenoxy) is 2. The van der Waals surface area contributed by atoms with Crippen molar-refractivity contribution in [2.75, 3.05) is 24.2 Å². The lowest BCUT2D eigenvalue weighted by molar-refractivity contribution is 0.306. The first kappa shape index (κ1) is 19.3. The molecule has 0 amide bonds. The van der Waals surface area contributed by atoms with Crippen LogP contribution in [0.4, 0.5) is 11.4 Å². The zero-order chi connectivity index (χ0) is 20.4. The molecule has 1 aromatic carbocycles. The zero-order valence-corrected chi connectivity index (χ0v) is 16.7. The molecule has 1 aliphatic heterocycles. The quantitative estimate of drug-likeness (QED) is 0.415. The van der Waals surface area contributed by atoms with Crippen LogP contribution in [0.15, 0.2) is 42.9 Å². The van der Waals surface area contributed by atoms with E-state index in [9.17, 15) is 0 Å². The molecule has 1 aliphatic rings. The highest BCUT2D eigenvalue weighted by molar-refractivity contribution is 6.35. The molecule has 0 aliphatic carbocycles. The first-order valence-electron chi connectivity index (χ1n) is 8.79. The fourth-order valence-electron chi connectivity index (χ4n) is 2.89. The van der Waals surface area contributed by atoms with E-state index in [1.165, 1.54) is 12.4 Å². The second-order valence-corrected chi connectivity index (χ2v) is 7.16. The van der Waals surface area contributed by atoms with Crippen molar-refractivity contribution >= 4 is 40.3 Å². The van der Waals surface area contributed by atoms with Crippen LogP contribution in [-0.2, 0) is 6.61 Å². The van der Waals surface area contributed by atoms with Crippen LogP contribution >= 0.6 is 23.2 Å². The van der Waals surface area contributed by atoms with Crippen LogP contribution in [0, 0.1) is 5.41 Å². The van der Waals surface area contributed by atoms with Crippen molar-refractivity contribution in [3.8, 4) is 11.6 Å². The Labute approximate surface area is 177 Å². The second-order valence-electron chi connectivity index (χ2n) is 6.35. The summed E-state index contributed by atoms with van der Waals surface area (Å²) in [7, 11) is 0. The van der Waals surface area contributed by atoms with Gasteiger partial charge in [-0.25, -0.2) is 4.98 Å². The van der Waals surface area contributed by atoms with E-state index in [2.05, 4.69) is 15.3 Å². The lowest BCUT2D eigenvalue weighted by Crippen LogP contribution is -2.19. The molecule has 148 valence electrons. The smallest absolute Gasteiger partial charge is 0.237 e. The molecule has 7 nitrogen and oxygen atoms in total. The lowest BCUT2D eigenvalue weighted by Gasteiger charge is -2.19. The van der Waals surface area contributed by atoms with Crippen LogP contribution in [0.2, 0.25) is 10.0 Å². The molecule has 0 fully saturated rings. The van der Waals surface area contributed by atoms with E-state index < -0.39 is 0 Å². The molecule has 0 saturated carbocycles. The molecule has 2 aromatic heterocycles. The monoisotopic (exact) mass is 429 g/mol. The summed E-state index contributed by atoms with van der Waals surface area (Å²) in [5.41, 5.74) is 9.36. The van der Waals surface area contributed by atoms with Gasteiger partial charge in [0.05, 0.1) is 21.4 Å². The third-order valence-corrected chi connectivity index (χ3v) is 5.08. The number of rotatable bonds is 5. The fourth-order valence-corrected chi connectivity index (χ4v) is 3.37. The summed E-state index contributed by atoms with van der Waals surface area (Å²) in [6.45, 7) is 1.42. The fraction of sp³-hybridized carbons (Fsp3) is 0.150. The van der Waals surface area contributed by atoms with E-state index in [0.717, 1.165) is 5.69 Å². The van der Waals surface area contributed by atoms with Gasteiger partial charge in [-0.3, -0.25) is 10.4 Å². The van der Waals surface area contributed by atoms with E-state index in [0.29, 0.717) is 57.2 Å². The number of nitrogen functional groups attached to an aromatic ring is 1. The number of benzene rings is 1. The van der Waals surface area contributed by atoms with Gasteiger partial charge in [0.2, 0.25) is 5.88 Å². The zero-order valence-electron chi connectivity index (χ0n) is 15.2. The maximum atomic E-state index is 8.60. The Kier molecular flexibility index (Phi) is 5.42. The first-order valence-corrected chi connectivity index (χ1v) is 9.54. The maximum Gasteiger partial charge on any atom is 0.237 e. The number of aromatic nitrogens is 2. The molecular formula is C20H17Cl2N5O2. The predicted octanol–water partition coefficient (Wildman–Crippen LogP) is 4.17. The van der Waals surface area contributed by atoms with Gasteiger partial charge in [0.1, 0.15) is 19.0 Å². The summed E-state index contributed by atoms with van der Waals surface area (Å²) < 4.78 is 11.3. The van der Waals surface area contributed by atoms with Gasteiger partial charge in [0.15, 0.2) is 0 Å². The molecular weight excluding hydrogens is 413 g/mol. The van der Waals surface area contributed by atoms with Crippen LogP contribution in [0.3, 0.4) is 0 Å². The van der Waals surface area contributed by atoms with E-state index >= 15 is 0 Å². The third-order valence-electron chi connectivity index (χ3n) is 4.43. The van der Waals surface area contributed by atoms with E-state index in [1.54, 1.807) is 24.4 Å². The second kappa shape index (κ2) is 8.14. The van der Waals surface area contributed by atoms with Crippen molar-refractivity contribution in [1.82, 2.24) is 9.97 Å². The van der Waals surface area contributed by atoms with Crippen molar-refractivity contribution in [2.24, 2.45) is 0 Å². The van der Waals surface area contributed by atoms with Crippen LogP contribution in [0.1, 0.15) is 16.7 Å². The van der Waals surface area contributed by atoms with Gasteiger partial charge in [-0.15, -0.1) is 0 Å². The van der Waals surface area contributed by atoms with Gasteiger partial charge in [-0.05, 0) is 24.3 Å². The molecule has 4 rings (SSSR count). The Hall–Kier alpha value is -3.03. The number of anilines is 2. The van der Waals surface area contributed by atoms with Crippen LogP contribution in [0.5, 0.6) is 11.6 Å². The predicted molar refractivity (Wildman–Crippen MR) is 114 cm³/mol. The van der Waals surface area contributed by atoms with Crippen molar-refractivity contribution in [3.63, 3.8) is 0 Å². The molecule has 4 N–H and O–H groups in total. The third kappa shape index (κ3) is 4.06. The molecule has 0 saturated heterocycles. The number of nitrogens with one attached hydrogen (secondary N) is 2. The van der Waals surface area contributed by atoms with Crippen LogP contribution < -0.4 is 20.5 Å². The maximum absolute atomic E-state index is 8.60. The number of hydrogen-bond acceptors (Lipinski definition) is 7. The average Bonchev–Trinajstić information content (AvgIpc) is 2.73. The van der Waals surface area contributed by atoms with Crippen molar-refractivity contribution < 1.29 is 9.47 Å². The van der Waals surface area contributed by atoms with Crippen molar-refractivity contribution in [3.05, 3.63) is 69.6 Å². The number of nitrogens with zero attached hydrogens (tertiary/aromatic N) is 2. The standard InChI is InChI=1S/C20H17Cl2N5O2/c21-15-8-25-9-16(22)14(15)10-29-12-1-2-17(23)13(6-12)19(24)11-5-18-20(27-7-11)28-4-3-26-18/h1-2,5-9,24,26H,3-4,10,23H2. The summed E-state index contributed by atoms with van der Waals surface area (Å²) in [5.74, 6) is 1.07. The minimum absolute atomic E-state index is 0.165. The Morgan fingerprint density at radius 2 is 2.00 bits per heavy atom. The van der Waals surface area contributed by atoms with E-state index in [4.69, 9.17) is 43.8 Å². The molecule has 3 aromatic rings. The molecule has 0 atom stereocenters. The SMILES string of the molecule is N=C(c1cnc2c(c1)NCCO2)c1cc(OCc2c(Cl)cncc2Cl)ccc1N. The van der Waals surface area contributed by atoms with Gasteiger partial charge in [0.25, 0.3) is 0 Å². The molecule has 0 radical (unpaired) electrons. The highest BCUT2D eigenvalue weighted by Gasteiger charge is 2.16. The van der Waals surface area contributed by atoms with Gasteiger partial charge in [0, 0.05) is 47.5 Å². The number of pyridine rings is 2. The summed E-state index contributed by atoms with van der Waals surface area (Å²) in [4.78, 5) is 8.21. The average molecular weight is 430 g/mol. The Morgan fingerprint density at radius 1 is 1.21 bits per heavy atom. The minimum Gasteiger partial charge on any atom is -0.489 e. The van der Waals surface area contributed by atoms with Gasteiger partial charge in [-0.1, -0.05) is 23.2 Å². The highest BCUT2D eigenvalue weighted by Crippen LogP contribution is 2.29. The van der Waals surface area contributed by atoms with Gasteiger partial charge >= 0.3 is 0 Å². The van der Waals surface area contributed by atoms with Crippen molar-refractivity contribution in [2.45, 2.75) is 6.61 Å². The molecule has 0 unspecified atom stereocenters. The summed E-state index contributed by atoms with van der Waals surface area (Å²) in [6, 6.07) is 6.97. The summed E-state index contributed by atoms with van der Waals surface area (Å²) in [6.07, 6.45) is 4.62. The Bertz CT molecular complexity index is 1070. The van der Waals surface area contributed by atoms with Gasteiger partial charge in [-0.2, -0.15) is 0 Å². The lowest BCUT2D eigenvalue weighted by atomic mass is 10.0. The largest absolute Gasteiger partial charge is 0.489 e. The normalized spacial score (nSPS) is 12.5. The molecule has 3 heterocycles. The Morgan fingerprint density at radius 3 is 2.79 bits per heavy atom. The molecule has 9 heteroatoms. The van der Waals surface area contributed by atoms with E-state index in [-0.39, 0.29) is 12.3 Å². The minimum atomic E-state index is 0.165. The number of nitrogens with two attached hydrogens (primary N) is 1. The Balaban J connectivity index is 1.57. The van der Waals surface area contributed by atoms with Crippen molar-refractivity contribution in [1.29, 1.82) is 5.41 Å². The van der Waals surface area contributed by atoms with E-state index in [1.807, 2.05) is 6.07 Å². The topological polar surface area (TPSA) is 106 Å². The number of halogens is 2. The van der Waals surface area contributed by atoms with Crippen LogP contribution in [0.25, 0.3) is 0 Å². The molecule has 0 bridgehead atoms. The summed E-state index contributed by atoms with van der Waals surface area (Å²) in [5, 5.41) is 12.7.